The maximum atomic E-state index is 11.9. The summed E-state index contributed by atoms with van der Waals surface area (Å²) in [5.41, 5.74) is 5.88. The molecule has 1 heterocycles. The molecule has 98 valence electrons. The molecule has 1 fully saturated rings. The Kier molecular flexibility index (Phi) is 4.95. The minimum Gasteiger partial charge on any atom is -0.431 e. The number of amides is 2. The van der Waals surface area contributed by atoms with Crippen LogP contribution in [0.1, 0.15) is 11.7 Å². The van der Waals surface area contributed by atoms with Crippen LogP contribution in [0.5, 0.6) is 0 Å². The third kappa shape index (κ3) is 2.75. The van der Waals surface area contributed by atoms with E-state index in [0.717, 1.165) is 4.90 Å². The van der Waals surface area contributed by atoms with Crippen LogP contribution in [0.15, 0.2) is 24.3 Å². The van der Waals surface area contributed by atoms with Crippen LogP contribution >= 0.6 is 24.0 Å². The van der Waals surface area contributed by atoms with E-state index >= 15 is 0 Å². The lowest BCUT2D eigenvalue weighted by Crippen LogP contribution is -2.34. The molecular formula is C11H12Cl2N2O3. The number of benzene rings is 1. The highest BCUT2D eigenvalue weighted by atomic mass is 35.5. The number of imide groups is 1. The van der Waals surface area contributed by atoms with Crippen LogP contribution in [0, 0.1) is 0 Å². The molecule has 1 aliphatic rings. The van der Waals surface area contributed by atoms with Crippen LogP contribution in [0.25, 0.3) is 0 Å². The molecule has 0 aliphatic carbocycles. The minimum atomic E-state index is -0.909. The number of rotatable bonds is 3. The molecule has 1 atom stereocenters. The van der Waals surface area contributed by atoms with Gasteiger partial charge in [0.25, 0.3) is 5.91 Å². The van der Waals surface area contributed by atoms with Gasteiger partial charge in [-0.05, 0) is 12.1 Å². The smallest absolute Gasteiger partial charge is 0.417 e. The van der Waals surface area contributed by atoms with Crippen LogP contribution < -0.4 is 5.73 Å². The second-order valence-corrected chi connectivity index (χ2v) is 4.03. The summed E-state index contributed by atoms with van der Waals surface area (Å²) in [4.78, 5) is 24.3. The van der Waals surface area contributed by atoms with Crippen molar-refractivity contribution in [3.63, 3.8) is 0 Å². The number of ether oxygens (including phenoxy) is 1. The number of hydrogen-bond donors (Lipinski definition) is 1. The van der Waals surface area contributed by atoms with Gasteiger partial charge in [0, 0.05) is 23.7 Å². The fraction of sp³-hybridized carbons (Fsp3) is 0.273. The molecule has 2 N–H and O–H groups in total. The van der Waals surface area contributed by atoms with E-state index in [2.05, 4.69) is 0 Å². The largest absolute Gasteiger partial charge is 0.431 e. The van der Waals surface area contributed by atoms with Gasteiger partial charge in [0.1, 0.15) is 0 Å². The third-order valence-corrected chi connectivity index (χ3v) is 2.67. The first kappa shape index (κ1) is 14.8. The van der Waals surface area contributed by atoms with E-state index in [1.165, 1.54) is 0 Å². The average Bonchev–Trinajstić information content (AvgIpc) is 2.57. The third-order valence-electron chi connectivity index (χ3n) is 2.43. The summed E-state index contributed by atoms with van der Waals surface area (Å²) in [5.74, 6) is -0.400. The Balaban J connectivity index is 0.00000162. The Bertz CT molecular complexity index is 467. The molecule has 5 nitrogen and oxygen atoms in total. The van der Waals surface area contributed by atoms with Gasteiger partial charge in [0.05, 0.1) is 0 Å². The van der Waals surface area contributed by atoms with Gasteiger partial charge in [-0.15, -0.1) is 12.4 Å². The lowest BCUT2D eigenvalue weighted by atomic mass is 10.1. The molecule has 0 radical (unpaired) electrons. The number of carbonyl (C=O) groups is 2. The molecule has 0 saturated carbocycles. The second kappa shape index (κ2) is 6.04. The van der Waals surface area contributed by atoms with Gasteiger partial charge in [-0.1, -0.05) is 23.7 Å². The second-order valence-electron chi connectivity index (χ2n) is 3.60. The van der Waals surface area contributed by atoms with Crippen molar-refractivity contribution in [3.05, 3.63) is 34.9 Å². The molecular weight excluding hydrogens is 279 g/mol. The first-order valence-corrected chi connectivity index (χ1v) is 5.49. The Morgan fingerprint density at radius 3 is 2.72 bits per heavy atom. The zero-order valence-corrected chi connectivity index (χ0v) is 10.9. The SMILES string of the molecule is Cl.NCCN1C(=O)OC(c2cccc(Cl)c2)C1=O. The fourth-order valence-electron chi connectivity index (χ4n) is 1.66. The van der Waals surface area contributed by atoms with E-state index in [0.29, 0.717) is 10.6 Å². The number of halogens is 2. The quantitative estimate of drug-likeness (QED) is 0.920. The maximum Gasteiger partial charge on any atom is 0.417 e. The fourth-order valence-corrected chi connectivity index (χ4v) is 1.86. The van der Waals surface area contributed by atoms with E-state index in [1.54, 1.807) is 24.3 Å². The summed E-state index contributed by atoms with van der Waals surface area (Å²) >= 11 is 5.82. The van der Waals surface area contributed by atoms with Gasteiger partial charge in [0.15, 0.2) is 0 Å². The van der Waals surface area contributed by atoms with Crippen molar-refractivity contribution in [2.45, 2.75) is 6.10 Å². The number of nitrogens with zero attached hydrogens (tertiary/aromatic N) is 1. The Morgan fingerprint density at radius 2 is 2.11 bits per heavy atom. The molecule has 18 heavy (non-hydrogen) atoms. The van der Waals surface area contributed by atoms with Crippen molar-refractivity contribution in [2.24, 2.45) is 5.73 Å². The van der Waals surface area contributed by atoms with Crippen molar-refractivity contribution in [1.29, 1.82) is 0 Å². The van der Waals surface area contributed by atoms with Gasteiger partial charge >= 0.3 is 6.09 Å². The maximum absolute atomic E-state index is 11.9. The monoisotopic (exact) mass is 290 g/mol. The number of hydrogen-bond acceptors (Lipinski definition) is 4. The predicted octanol–water partition coefficient (Wildman–Crippen LogP) is 1.74. The first-order valence-electron chi connectivity index (χ1n) is 5.11. The highest BCUT2D eigenvalue weighted by Crippen LogP contribution is 2.28. The molecule has 1 unspecified atom stereocenters. The van der Waals surface area contributed by atoms with E-state index in [1.807, 2.05) is 0 Å². The number of cyclic esters (lactones) is 1. The van der Waals surface area contributed by atoms with Gasteiger partial charge in [-0.3, -0.25) is 4.79 Å². The standard InChI is InChI=1S/C11H11ClN2O3.ClH/c12-8-3-1-2-7(6-8)9-10(15)14(5-4-13)11(16)17-9;/h1-3,6,9H,4-5,13H2;1H. The normalized spacial score (nSPS) is 18.6. The van der Waals surface area contributed by atoms with Crippen LogP contribution in [0.2, 0.25) is 5.02 Å². The molecule has 1 aromatic rings. The molecule has 0 aromatic heterocycles. The van der Waals surface area contributed by atoms with E-state index in [4.69, 9.17) is 22.1 Å². The highest BCUT2D eigenvalue weighted by molar-refractivity contribution is 6.30. The predicted molar refractivity (Wildman–Crippen MR) is 68.7 cm³/mol. The lowest BCUT2D eigenvalue weighted by molar-refractivity contribution is -0.129. The summed E-state index contributed by atoms with van der Waals surface area (Å²) in [6, 6.07) is 6.67. The van der Waals surface area contributed by atoms with Gasteiger partial charge in [-0.25, -0.2) is 9.69 Å². The van der Waals surface area contributed by atoms with Crippen LogP contribution in [0.4, 0.5) is 4.79 Å². The summed E-state index contributed by atoms with van der Waals surface area (Å²) in [5, 5.41) is 0.489. The van der Waals surface area contributed by atoms with Crippen molar-refractivity contribution in [2.75, 3.05) is 13.1 Å². The lowest BCUT2D eigenvalue weighted by Gasteiger charge is -2.09. The zero-order valence-electron chi connectivity index (χ0n) is 9.34. The Hall–Kier alpha value is -1.30. The topological polar surface area (TPSA) is 72.6 Å². The molecule has 2 rings (SSSR count). The minimum absolute atomic E-state index is 0. The average molecular weight is 291 g/mol. The first-order chi connectivity index (χ1) is 8.13. The molecule has 0 bridgehead atoms. The van der Waals surface area contributed by atoms with Crippen LogP contribution in [-0.4, -0.2) is 30.0 Å². The van der Waals surface area contributed by atoms with Gasteiger partial charge < -0.3 is 10.5 Å². The zero-order chi connectivity index (χ0) is 12.4. The van der Waals surface area contributed by atoms with Gasteiger partial charge in [-0.2, -0.15) is 0 Å². The number of carbonyl (C=O) groups excluding carboxylic acids is 2. The van der Waals surface area contributed by atoms with Crippen molar-refractivity contribution < 1.29 is 14.3 Å². The molecule has 7 heteroatoms. The molecule has 0 spiro atoms. The van der Waals surface area contributed by atoms with Crippen LogP contribution in [-0.2, 0) is 9.53 Å². The number of nitrogens with two attached hydrogens (primary N) is 1. The molecule has 1 aromatic carbocycles. The Morgan fingerprint density at radius 1 is 1.39 bits per heavy atom. The summed E-state index contributed by atoms with van der Waals surface area (Å²) in [6.45, 7) is 0.373. The van der Waals surface area contributed by atoms with Gasteiger partial charge in [0.2, 0.25) is 6.10 Å². The van der Waals surface area contributed by atoms with E-state index < -0.39 is 18.1 Å². The Labute approximate surface area is 115 Å². The summed E-state index contributed by atoms with van der Waals surface area (Å²) in [7, 11) is 0. The van der Waals surface area contributed by atoms with E-state index in [-0.39, 0.29) is 25.5 Å². The summed E-state index contributed by atoms with van der Waals surface area (Å²) in [6.07, 6.45) is -1.57. The summed E-state index contributed by atoms with van der Waals surface area (Å²) < 4.78 is 5.00. The molecule has 2 amide bonds. The van der Waals surface area contributed by atoms with E-state index in [9.17, 15) is 9.59 Å². The molecule has 1 saturated heterocycles. The van der Waals surface area contributed by atoms with Crippen molar-refractivity contribution in [3.8, 4) is 0 Å². The highest BCUT2D eigenvalue weighted by Gasteiger charge is 2.40. The van der Waals surface area contributed by atoms with Crippen molar-refractivity contribution >= 4 is 36.0 Å². The van der Waals surface area contributed by atoms with Crippen molar-refractivity contribution in [1.82, 2.24) is 4.90 Å². The van der Waals surface area contributed by atoms with Crippen LogP contribution in [0.3, 0.4) is 0 Å². The molecule has 1 aliphatic heterocycles.